The normalized spacial score (nSPS) is 10.7. The first kappa shape index (κ1) is 16.3. The lowest BCUT2D eigenvalue weighted by atomic mass is 10.0. The van der Waals surface area contributed by atoms with Crippen molar-refractivity contribution in [1.82, 2.24) is 0 Å². The van der Waals surface area contributed by atoms with Gasteiger partial charge < -0.3 is 4.74 Å². The molecule has 0 saturated heterocycles. The molecule has 0 saturated carbocycles. The number of ketones is 1. The van der Waals surface area contributed by atoms with Gasteiger partial charge in [-0.25, -0.2) is 0 Å². The lowest BCUT2D eigenvalue weighted by Crippen LogP contribution is -2.02. The van der Waals surface area contributed by atoms with Crippen LogP contribution in [0.15, 0.2) is 66.8 Å². The van der Waals surface area contributed by atoms with Crippen LogP contribution in [0.25, 0.3) is 6.08 Å². The molecule has 0 fully saturated rings. The Balaban J connectivity index is 2.23. The predicted molar refractivity (Wildman–Crippen MR) is 91.2 cm³/mol. The van der Waals surface area contributed by atoms with Crippen LogP contribution in [-0.2, 0) is 0 Å². The Kier molecular flexibility index (Phi) is 5.49. The third-order valence-electron chi connectivity index (χ3n) is 3.20. The Morgan fingerprint density at radius 1 is 1.26 bits per heavy atom. The van der Waals surface area contributed by atoms with Gasteiger partial charge in [-0.3, -0.25) is 4.79 Å². The summed E-state index contributed by atoms with van der Waals surface area (Å²) in [5.74, 6) is 0.439. The molecule has 0 amide bonds. The zero-order valence-electron chi connectivity index (χ0n) is 13.0. The van der Waals surface area contributed by atoms with E-state index in [1.54, 1.807) is 48.6 Å². The molecule has 2 aromatic carbocycles. The van der Waals surface area contributed by atoms with Gasteiger partial charge in [0.15, 0.2) is 0 Å². The number of rotatable bonds is 6. The van der Waals surface area contributed by atoms with E-state index in [-0.39, 0.29) is 11.4 Å². The molecule has 0 heterocycles. The second kappa shape index (κ2) is 7.77. The van der Waals surface area contributed by atoms with Crippen LogP contribution in [0.4, 0.5) is 0 Å². The number of Topliss-reactive ketones (excluding diaryl/α,β-unsaturated/α-hetero) is 1. The van der Waals surface area contributed by atoms with Gasteiger partial charge in [-0.1, -0.05) is 48.6 Å². The Labute approximate surface area is 136 Å². The molecule has 2 rings (SSSR count). The Bertz CT molecular complexity index is 780. The van der Waals surface area contributed by atoms with Crippen molar-refractivity contribution in [1.29, 1.82) is 5.26 Å². The fourth-order valence-electron chi connectivity index (χ4n) is 2.07. The molecule has 0 bridgehead atoms. The maximum atomic E-state index is 12.4. The number of allylic oxidation sites excluding steroid dienone is 1. The Morgan fingerprint density at radius 2 is 2.00 bits per heavy atom. The van der Waals surface area contributed by atoms with Crippen LogP contribution in [0.2, 0.25) is 0 Å². The summed E-state index contributed by atoms with van der Waals surface area (Å²) in [6, 6.07) is 16.4. The summed E-state index contributed by atoms with van der Waals surface area (Å²) in [4.78, 5) is 12.4. The van der Waals surface area contributed by atoms with Crippen LogP contribution in [0, 0.1) is 18.3 Å². The first-order valence-corrected chi connectivity index (χ1v) is 7.21. The lowest BCUT2D eigenvalue weighted by molar-refractivity contribution is 0.104. The van der Waals surface area contributed by atoms with E-state index in [9.17, 15) is 10.1 Å². The van der Waals surface area contributed by atoms with E-state index < -0.39 is 0 Å². The van der Waals surface area contributed by atoms with Crippen molar-refractivity contribution in [3.63, 3.8) is 0 Å². The largest absolute Gasteiger partial charge is 0.490 e. The minimum absolute atomic E-state index is 0.107. The molecule has 0 N–H and O–H groups in total. The minimum Gasteiger partial charge on any atom is -0.490 e. The second-order valence-electron chi connectivity index (χ2n) is 5.04. The monoisotopic (exact) mass is 303 g/mol. The molecule has 3 heteroatoms. The van der Waals surface area contributed by atoms with Gasteiger partial charge in [0.05, 0.1) is 0 Å². The van der Waals surface area contributed by atoms with E-state index in [1.807, 2.05) is 25.1 Å². The summed E-state index contributed by atoms with van der Waals surface area (Å²) >= 11 is 0. The SMILES string of the molecule is C=CCOc1ccc(/C=C(\C#N)C(=O)c2cccc(C)c2)cc1. The van der Waals surface area contributed by atoms with Gasteiger partial charge in [0.1, 0.15) is 24.0 Å². The predicted octanol–water partition coefficient (Wildman–Crippen LogP) is 4.35. The Hall–Kier alpha value is -3.12. The average Bonchev–Trinajstić information content (AvgIpc) is 2.58. The summed E-state index contributed by atoms with van der Waals surface area (Å²) in [7, 11) is 0. The standard InChI is InChI=1S/C20H17NO2/c1-3-11-23-19-9-7-16(8-10-19)13-18(14-21)20(22)17-6-4-5-15(2)12-17/h3-10,12-13H,1,11H2,2H3/b18-13+. The zero-order chi connectivity index (χ0) is 16.7. The number of benzene rings is 2. The van der Waals surface area contributed by atoms with Gasteiger partial charge in [-0.2, -0.15) is 5.26 Å². The molecule has 0 aliphatic carbocycles. The van der Waals surface area contributed by atoms with Crippen molar-refractivity contribution in [3.05, 3.63) is 83.4 Å². The average molecular weight is 303 g/mol. The molecule has 114 valence electrons. The first-order valence-electron chi connectivity index (χ1n) is 7.21. The van der Waals surface area contributed by atoms with E-state index in [1.165, 1.54) is 0 Å². The third-order valence-corrected chi connectivity index (χ3v) is 3.20. The van der Waals surface area contributed by atoms with E-state index in [2.05, 4.69) is 6.58 Å². The highest BCUT2D eigenvalue weighted by atomic mass is 16.5. The maximum absolute atomic E-state index is 12.4. The van der Waals surface area contributed by atoms with Crippen LogP contribution >= 0.6 is 0 Å². The van der Waals surface area contributed by atoms with Crippen molar-refractivity contribution < 1.29 is 9.53 Å². The smallest absolute Gasteiger partial charge is 0.203 e. The summed E-state index contributed by atoms with van der Waals surface area (Å²) < 4.78 is 5.40. The van der Waals surface area contributed by atoms with Gasteiger partial charge >= 0.3 is 0 Å². The fraction of sp³-hybridized carbons (Fsp3) is 0.100. The molecule has 3 nitrogen and oxygen atoms in total. The molecule has 0 unspecified atom stereocenters. The number of ether oxygens (including phenoxy) is 1. The van der Waals surface area contributed by atoms with Crippen molar-refractivity contribution in [2.45, 2.75) is 6.92 Å². The number of hydrogen-bond donors (Lipinski definition) is 0. The molecule has 23 heavy (non-hydrogen) atoms. The van der Waals surface area contributed by atoms with E-state index in [4.69, 9.17) is 4.74 Å². The van der Waals surface area contributed by atoms with Gasteiger partial charge in [-0.05, 0) is 36.8 Å². The summed E-state index contributed by atoms with van der Waals surface area (Å²) in [5.41, 5.74) is 2.38. The van der Waals surface area contributed by atoms with Crippen LogP contribution in [-0.4, -0.2) is 12.4 Å². The second-order valence-corrected chi connectivity index (χ2v) is 5.04. The molecular weight excluding hydrogens is 286 g/mol. The maximum Gasteiger partial charge on any atom is 0.203 e. The molecule has 0 aromatic heterocycles. The quantitative estimate of drug-likeness (QED) is 0.345. The van der Waals surface area contributed by atoms with Gasteiger partial charge in [0, 0.05) is 5.56 Å². The minimum atomic E-state index is -0.275. The highest BCUT2D eigenvalue weighted by molar-refractivity contribution is 6.14. The number of carbonyl (C=O) groups excluding carboxylic acids is 1. The zero-order valence-corrected chi connectivity index (χ0v) is 13.0. The van der Waals surface area contributed by atoms with Crippen LogP contribution < -0.4 is 4.74 Å². The molecule has 0 aliphatic rings. The van der Waals surface area contributed by atoms with Gasteiger partial charge in [0.2, 0.25) is 5.78 Å². The number of nitriles is 1. The van der Waals surface area contributed by atoms with Crippen molar-refractivity contribution in [2.24, 2.45) is 0 Å². The summed E-state index contributed by atoms with van der Waals surface area (Å²) in [5, 5.41) is 9.28. The Morgan fingerprint density at radius 3 is 2.61 bits per heavy atom. The first-order chi connectivity index (χ1) is 11.1. The highest BCUT2D eigenvalue weighted by Gasteiger charge is 2.12. The molecule has 0 spiro atoms. The number of carbonyl (C=O) groups is 1. The summed E-state index contributed by atoms with van der Waals surface area (Å²) in [6.45, 7) is 5.94. The molecule has 2 aromatic rings. The number of hydrogen-bond acceptors (Lipinski definition) is 3. The number of aryl methyl sites for hydroxylation is 1. The fourth-order valence-corrected chi connectivity index (χ4v) is 2.07. The van der Waals surface area contributed by atoms with Crippen LogP contribution in [0.5, 0.6) is 5.75 Å². The molecule has 0 aliphatic heterocycles. The highest BCUT2D eigenvalue weighted by Crippen LogP contribution is 2.17. The van der Waals surface area contributed by atoms with E-state index in [0.717, 1.165) is 11.1 Å². The van der Waals surface area contributed by atoms with Crippen molar-refractivity contribution in [2.75, 3.05) is 6.61 Å². The number of nitrogens with zero attached hydrogens (tertiary/aromatic N) is 1. The lowest BCUT2D eigenvalue weighted by Gasteiger charge is -2.04. The molecule has 0 radical (unpaired) electrons. The van der Waals surface area contributed by atoms with Crippen molar-refractivity contribution >= 4 is 11.9 Å². The van der Waals surface area contributed by atoms with Crippen molar-refractivity contribution in [3.8, 4) is 11.8 Å². The van der Waals surface area contributed by atoms with E-state index in [0.29, 0.717) is 17.9 Å². The third kappa shape index (κ3) is 4.42. The topological polar surface area (TPSA) is 50.1 Å². The van der Waals surface area contributed by atoms with E-state index >= 15 is 0 Å². The van der Waals surface area contributed by atoms with Crippen LogP contribution in [0.3, 0.4) is 0 Å². The van der Waals surface area contributed by atoms with Gasteiger partial charge in [-0.15, -0.1) is 0 Å². The van der Waals surface area contributed by atoms with Crippen LogP contribution in [0.1, 0.15) is 21.5 Å². The molecule has 0 atom stereocenters. The molecular formula is C20H17NO2. The summed E-state index contributed by atoms with van der Waals surface area (Å²) in [6.07, 6.45) is 3.25. The van der Waals surface area contributed by atoms with Gasteiger partial charge in [0.25, 0.3) is 0 Å².